The molecule has 1 aliphatic rings. The number of hydrogen-bond acceptors (Lipinski definition) is 6. The molecule has 1 unspecified atom stereocenters. The number of pyridine rings is 1. The first kappa shape index (κ1) is 17.5. The van der Waals surface area contributed by atoms with Crippen LogP contribution in [0.15, 0.2) is 30.9 Å². The van der Waals surface area contributed by atoms with Gasteiger partial charge < -0.3 is 5.32 Å². The summed E-state index contributed by atoms with van der Waals surface area (Å²) < 4.78 is 26.4. The summed E-state index contributed by atoms with van der Waals surface area (Å²) in [6, 6.07) is 5.13. The number of amides is 1. The Bertz CT molecular complexity index is 837. The van der Waals surface area contributed by atoms with Crippen molar-refractivity contribution in [1.82, 2.24) is 29.4 Å². The van der Waals surface area contributed by atoms with E-state index in [-0.39, 0.29) is 11.8 Å². The topological polar surface area (TPSA) is 110 Å². The molecule has 1 atom stereocenters. The van der Waals surface area contributed by atoms with Crippen LogP contribution in [0, 0.1) is 5.92 Å². The maximum atomic E-state index is 12.3. The van der Waals surface area contributed by atoms with E-state index in [0.29, 0.717) is 31.1 Å². The molecule has 2 aromatic rings. The van der Waals surface area contributed by atoms with Crippen LogP contribution in [0.2, 0.25) is 0 Å². The summed E-state index contributed by atoms with van der Waals surface area (Å²) >= 11 is 0. The SMILES string of the molecule is CS(=O)(=O)N1CCCC(CNC(=O)c2cccc(-n3cnnc3)n2)C1. The number of nitrogens with zero attached hydrogens (tertiary/aromatic N) is 5. The molecule has 0 aromatic carbocycles. The van der Waals surface area contributed by atoms with Crippen molar-refractivity contribution in [2.45, 2.75) is 12.8 Å². The number of hydrogen-bond donors (Lipinski definition) is 1. The van der Waals surface area contributed by atoms with Gasteiger partial charge in [-0.2, -0.15) is 0 Å². The molecule has 0 saturated carbocycles. The van der Waals surface area contributed by atoms with Crippen molar-refractivity contribution in [3.05, 3.63) is 36.5 Å². The molecule has 0 radical (unpaired) electrons. The normalized spacial score (nSPS) is 18.8. The van der Waals surface area contributed by atoms with Crippen molar-refractivity contribution in [1.29, 1.82) is 0 Å². The summed E-state index contributed by atoms with van der Waals surface area (Å²) in [7, 11) is -3.19. The molecule has 134 valence electrons. The van der Waals surface area contributed by atoms with Gasteiger partial charge in [0.15, 0.2) is 0 Å². The predicted molar refractivity (Wildman–Crippen MR) is 90.6 cm³/mol. The van der Waals surface area contributed by atoms with Crippen molar-refractivity contribution in [2.75, 3.05) is 25.9 Å². The number of piperidine rings is 1. The number of aromatic nitrogens is 4. The summed E-state index contributed by atoms with van der Waals surface area (Å²) in [4.78, 5) is 16.6. The van der Waals surface area contributed by atoms with Crippen LogP contribution in [0.25, 0.3) is 5.82 Å². The van der Waals surface area contributed by atoms with Gasteiger partial charge >= 0.3 is 0 Å². The molecule has 3 rings (SSSR count). The molecule has 2 aromatic heterocycles. The Balaban J connectivity index is 1.60. The fourth-order valence-corrected chi connectivity index (χ4v) is 3.78. The Kier molecular flexibility index (Phi) is 5.09. The zero-order valence-electron chi connectivity index (χ0n) is 13.9. The Morgan fingerprint density at radius 3 is 2.80 bits per heavy atom. The lowest BCUT2D eigenvalue weighted by atomic mass is 10.00. The molecule has 0 spiro atoms. The zero-order chi connectivity index (χ0) is 17.9. The average molecular weight is 364 g/mol. The van der Waals surface area contributed by atoms with Gasteiger partial charge in [-0.1, -0.05) is 6.07 Å². The first-order chi connectivity index (χ1) is 11.9. The minimum absolute atomic E-state index is 0.105. The van der Waals surface area contributed by atoms with Crippen LogP contribution in [0.3, 0.4) is 0 Å². The van der Waals surface area contributed by atoms with E-state index in [1.54, 1.807) is 22.8 Å². The van der Waals surface area contributed by atoms with Crippen LogP contribution >= 0.6 is 0 Å². The lowest BCUT2D eigenvalue weighted by molar-refractivity contribution is 0.0936. The minimum atomic E-state index is -3.19. The molecule has 0 bridgehead atoms. The van der Waals surface area contributed by atoms with E-state index in [2.05, 4.69) is 20.5 Å². The molecule has 1 fully saturated rings. The molecule has 3 heterocycles. The second kappa shape index (κ2) is 7.28. The second-order valence-electron chi connectivity index (χ2n) is 6.09. The van der Waals surface area contributed by atoms with Crippen LogP contribution in [0.5, 0.6) is 0 Å². The Labute approximate surface area is 146 Å². The molecule has 10 heteroatoms. The summed E-state index contributed by atoms with van der Waals surface area (Å²) in [5, 5.41) is 10.3. The van der Waals surface area contributed by atoms with Crippen LogP contribution < -0.4 is 5.32 Å². The maximum Gasteiger partial charge on any atom is 0.269 e. The zero-order valence-corrected chi connectivity index (χ0v) is 14.7. The fraction of sp³-hybridized carbons (Fsp3) is 0.467. The highest BCUT2D eigenvalue weighted by molar-refractivity contribution is 7.88. The van der Waals surface area contributed by atoms with Crippen molar-refractivity contribution in [2.24, 2.45) is 5.92 Å². The van der Waals surface area contributed by atoms with E-state index in [1.165, 1.54) is 23.2 Å². The van der Waals surface area contributed by atoms with Gasteiger partial charge in [0, 0.05) is 19.6 Å². The van der Waals surface area contributed by atoms with Gasteiger partial charge in [-0.25, -0.2) is 17.7 Å². The maximum absolute atomic E-state index is 12.3. The Morgan fingerprint density at radius 2 is 2.08 bits per heavy atom. The van der Waals surface area contributed by atoms with E-state index in [4.69, 9.17) is 0 Å². The summed E-state index contributed by atoms with van der Waals surface area (Å²) in [6.45, 7) is 1.41. The molecule has 0 aliphatic carbocycles. The first-order valence-corrected chi connectivity index (χ1v) is 9.83. The number of rotatable bonds is 5. The van der Waals surface area contributed by atoms with E-state index in [9.17, 15) is 13.2 Å². The summed E-state index contributed by atoms with van der Waals surface area (Å²) in [5.41, 5.74) is 0.293. The second-order valence-corrected chi connectivity index (χ2v) is 8.07. The Hall–Kier alpha value is -2.33. The third-order valence-electron chi connectivity index (χ3n) is 4.15. The summed E-state index contributed by atoms with van der Waals surface area (Å²) in [5.74, 6) is 0.374. The lowest BCUT2D eigenvalue weighted by Crippen LogP contribution is -2.43. The van der Waals surface area contributed by atoms with E-state index < -0.39 is 10.0 Å². The third-order valence-corrected chi connectivity index (χ3v) is 5.42. The standard InChI is InChI=1S/C15H20N6O3S/c1-25(23,24)21-7-3-4-12(9-21)8-16-15(22)13-5-2-6-14(19-13)20-10-17-18-11-20/h2,5-6,10-12H,3-4,7-9H2,1H3,(H,16,22). The van der Waals surface area contributed by atoms with Gasteiger partial charge in [0.25, 0.3) is 5.91 Å². The van der Waals surface area contributed by atoms with Crippen molar-refractivity contribution in [3.63, 3.8) is 0 Å². The molecular weight excluding hydrogens is 344 g/mol. The number of carbonyl (C=O) groups is 1. The van der Waals surface area contributed by atoms with Crippen molar-refractivity contribution < 1.29 is 13.2 Å². The van der Waals surface area contributed by atoms with Gasteiger partial charge in [0.2, 0.25) is 10.0 Å². The smallest absolute Gasteiger partial charge is 0.269 e. The lowest BCUT2D eigenvalue weighted by Gasteiger charge is -2.30. The highest BCUT2D eigenvalue weighted by atomic mass is 32.2. The highest BCUT2D eigenvalue weighted by Gasteiger charge is 2.26. The number of nitrogens with one attached hydrogen (secondary N) is 1. The molecule has 9 nitrogen and oxygen atoms in total. The fourth-order valence-electron chi connectivity index (χ4n) is 2.83. The Morgan fingerprint density at radius 1 is 1.32 bits per heavy atom. The molecule has 1 amide bonds. The molecule has 1 aliphatic heterocycles. The summed E-state index contributed by atoms with van der Waals surface area (Å²) in [6.07, 6.45) is 5.92. The highest BCUT2D eigenvalue weighted by Crippen LogP contribution is 2.18. The van der Waals surface area contributed by atoms with Crippen LogP contribution in [0.1, 0.15) is 23.3 Å². The van der Waals surface area contributed by atoms with Crippen molar-refractivity contribution >= 4 is 15.9 Å². The van der Waals surface area contributed by atoms with Crippen LogP contribution in [-0.2, 0) is 10.0 Å². The van der Waals surface area contributed by atoms with E-state index in [0.717, 1.165) is 12.8 Å². The van der Waals surface area contributed by atoms with Crippen LogP contribution in [-0.4, -0.2) is 64.3 Å². The average Bonchev–Trinajstić information content (AvgIpc) is 3.14. The van der Waals surface area contributed by atoms with Gasteiger partial charge in [-0.3, -0.25) is 9.36 Å². The predicted octanol–water partition coefficient (Wildman–Crippen LogP) is 0.0637. The van der Waals surface area contributed by atoms with Gasteiger partial charge in [-0.15, -0.1) is 10.2 Å². The largest absolute Gasteiger partial charge is 0.350 e. The molecule has 1 saturated heterocycles. The number of sulfonamides is 1. The van der Waals surface area contributed by atoms with Crippen molar-refractivity contribution in [3.8, 4) is 5.82 Å². The van der Waals surface area contributed by atoms with E-state index in [1.807, 2.05) is 0 Å². The third kappa shape index (κ3) is 4.40. The quantitative estimate of drug-likeness (QED) is 0.803. The van der Waals surface area contributed by atoms with E-state index >= 15 is 0 Å². The molecule has 25 heavy (non-hydrogen) atoms. The monoisotopic (exact) mass is 364 g/mol. The van der Waals surface area contributed by atoms with Gasteiger partial charge in [-0.05, 0) is 30.9 Å². The first-order valence-electron chi connectivity index (χ1n) is 7.99. The molecule has 1 N–H and O–H groups in total. The number of carbonyl (C=O) groups excluding carboxylic acids is 1. The molecular formula is C15H20N6O3S. The van der Waals surface area contributed by atoms with Crippen LogP contribution in [0.4, 0.5) is 0 Å². The minimum Gasteiger partial charge on any atom is -0.350 e. The van der Waals surface area contributed by atoms with Gasteiger partial charge in [0.05, 0.1) is 6.26 Å². The van der Waals surface area contributed by atoms with Gasteiger partial charge in [0.1, 0.15) is 24.2 Å².